The molecule has 2 aromatic heterocycles. The van der Waals surface area contributed by atoms with Gasteiger partial charge in [0.25, 0.3) is 5.91 Å². The van der Waals surface area contributed by atoms with Crippen LogP contribution in [-0.2, 0) is 12.8 Å². The average molecular weight is 388 g/mol. The summed E-state index contributed by atoms with van der Waals surface area (Å²) in [5.41, 5.74) is 3.90. The number of carbonyl (C=O) groups is 1. The molecule has 0 radical (unpaired) electrons. The van der Waals surface area contributed by atoms with Gasteiger partial charge in [0.2, 0.25) is 5.95 Å². The summed E-state index contributed by atoms with van der Waals surface area (Å²) >= 11 is 0. The molecule has 7 heteroatoms. The second-order valence-corrected chi connectivity index (χ2v) is 7.66. The Balaban J connectivity index is 1.29. The highest BCUT2D eigenvalue weighted by Crippen LogP contribution is 2.28. The Hall–Kier alpha value is -3.22. The Morgan fingerprint density at radius 2 is 1.76 bits per heavy atom. The van der Waals surface area contributed by atoms with Crippen molar-refractivity contribution in [1.82, 2.24) is 25.1 Å². The van der Waals surface area contributed by atoms with Crippen LogP contribution >= 0.6 is 0 Å². The molecule has 1 fully saturated rings. The number of anilines is 1. The molecule has 0 spiro atoms. The zero-order chi connectivity index (χ0) is 19.6. The van der Waals surface area contributed by atoms with Crippen molar-refractivity contribution < 1.29 is 4.79 Å². The molecular formula is C22H24N6O. The monoisotopic (exact) mass is 388 g/mol. The fourth-order valence-electron chi connectivity index (χ4n) is 4.33. The number of piperidine rings is 1. The van der Waals surface area contributed by atoms with Crippen LogP contribution in [0.25, 0.3) is 5.69 Å². The SMILES string of the molecule is O=C(NC1CCN(c2ncccn2)CC1)c1nn(-c2ccccc2)c2c1CCC2. The van der Waals surface area contributed by atoms with Crippen LogP contribution in [0.2, 0.25) is 0 Å². The van der Waals surface area contributed by atoms with Gasteiger partial charge in [-0.05, 0) is 50.3 Å². The molecule has 7 nitrogen and oxygen atoms in total. The molecule has 2 aliphatic rings. The highest BCUT2D eigenvalue weighted by Gasteiger charge is 2.29. The smallest absolute Gasteiger partial charge is 0.272 e. The Morgan fingerprint density at radius 3 is 2.52 bits per heavy atom. The van der Waals surface area contributed by atoms with E-state index in [4.69, 9.17) is 5.10 Å². The van der Waals surface area contributed by atoms with Crippen LogP contribution < -0.4 is 10.2 Å². The van der Waals surface area contributed by atoms with Crippen molar-refractivity contribution in [1.29, 1.82) is 0 Å². The number of fused-ring (bicyclic) bond motifs is 1. The van der Waals surface area contributed by atoms with Crippen molar-refractivity contribution in [3.05, 3.63) is 65.7 Å². The number of benzene rings is 1. The molecule has 1 aliphatic heterocycles. The van der Waals surface area contributed by atoms with Gasteiger partial charge >= 0.3 is 0 Å². The highest BCUT2D eigenvalue weighted by molar-refractivity contribution is 5.94. The van der Waals surface area contributed by atoms with Crippen LogP contribution in [-0.4, -0.2) is 44.8 Å². The Kier molecular flexibility index (Phi) is 4.71. The van der Waals surface area contributed by atoms with E-state index in [1.54, 1.807) is 12.4 Å². The molecule has 1 N–H and O–H groups in total. The van der Waals surface area contributed by atoms with Crippen LogP contribution in [0.3, 0.4) is 0 Å². The van der Waals surface area contributed by atoms with Gasteiger partial charge in [-0.25, -0.2) is 14.6 Å². The van der Waals surface area contributed by atoms with Crippen LogP contribution in [0.15, 0.2) is 48.8 Å². The molecule has 29 heavy (non-hydrogen) atoms. The Morgan fingerprint density at radius 1 is 1.00 bits per heavy atom. The van der Waals surface area contributed by atoms with Gasteiger partial charge in [0, 0.05) is 42.8 Å². The third-order valence-corrected chi connectivity index (χ3v) is 5.81. The summed E-state index contributed by atoms with van der Waals surface area (Å²) in [6.45, 7) is 1.68. The number of nitrogens with zero attached hydrogens (tertiary/aromatic N) is 5. The molecule has 1 aromatic carbocycles. The molecule has 0 atom stereocenters. The normalized spacial score (nSPS) is 16.6. The number of amides is 1. The Labute approximate surface area is 169 Å². The predicted octanol–water partition coefficient (Wildman–Crippen LogP) is 2.55. The van der Waals surface area contributed by atoms with Gasteiger partial charge in [-0.2, -0.15) is 5.10 Å². The van der Waals surface area contributed by atoms with Gasteiger partial charge in [0.05, 0.1) is 5.69 Å². The van der Waals surface area contributed by atoms with Crippen molar-refractivity contribution in [3.63, 3.8) is 0 Å². The van der Waals surface area contributed by atoms with E-state index in [2.05, 4.69) is 20.2 Å². The van der Waals surface area contributed by atoms with Crippen LogP contribution in [0.5, 0.6) is 0 Å². The fourth-order valence-corrected chi connectivity index (χ4v) is 4.33. The van der Waals surface area contributed by atoms with E-state index in [-0.39, 0.29) is 11.9 Å². The second kappa shape index (κ2) is 7.66. The summed E-state index contributed by atoms with van der Waals surface area (Å²) in [5.74, 6) is 0.712. The number of carbonyl (C=O) groups excluding carboxylic acids is 1. The maximum atomic E-state index is 13.0. The number of para-hydroxylation sites is 1. The number of aromatic nitrogens is 4. The lowest BCUT2D eigenvalue weighted by atomic mass is 10.0. The summed E-state index contributed by atoms with van der Waals surface area (Å²) in [5, 5.41) is 7.92. The van der Waals surface area contributed by atoms with E-state index in [1.165, 1.54) is 5.69 Å². The largest absolute Gasteiger partial charge is 0.348 e. The van der Waals surface area contributed by atoms with Crippen molar-refractivity contribution in [3.8, 4) is 5.69 Å². The van der Waals surface area contributed by atoms with Crippen LogP contribution in [0.4, 0.5) is 5.95 Å². The third-order valence-electron chi connectivity index (χ3n) is 5.81. The van der Waals surface area contributed by atoms with E-state index < -0.39 is 0 Å². The van der Waals surface area contributed by atoms with E-state index in [0.29, 0.717) is 5.69 Å². The molecule has 1 saturated heterocycles. The number of hydrogen-bond donors (Lipinski definition) is 1. The first kappa shape index (κ1) is 17.8. The van der Waals surface area contributed by atoms with E-state index in [1.807, 2.05) is 41.1 Å². The number of nitrogens with one attached hydrogen (secondary N) is 1. The van der Waals surface area contributed by atoms with Crippen LogP contribution in [0.1, 0.15) is 41.0 Å². The van der Waals surface area contributed by atoms with Crippen molar-refractivity contribution in [2.24, 2.45) is 0 Å². The quantitative estimate of drug-likeness (QED) is 0.743. The molecule has 3 aromatic rings. The second-order valence-electron chi connectivity index (χ2n) is 7.66. The minimum Gasteiger partial charge on any atom is -0.348 e. The molecule has 0 saturated carbocycles. The lowest BCUT2D eigenvalue weighted by molar-refractivity contribution is 0.0924. The van der Waals surface area contributed by atoms with E-state index in [0.717, 1.165) is 62.4 Å². The minimum absolute atomic E-state index is 0.0488. The fraction of sp³-hybridized carbons (Fsp3) is 0.364. The van der Waals surface area contributed by atoms with Crippen molar-refractivity contribution in [2.45, 2.75) is 38.1 Å². The van der Waals surface area contributed by atoms with Gasteiger partial charge < -0.3 is 10.2 Å². The number of hydrogen-bond acceptors (Lipinski definition) is 5. The first-order chi connectivity index (χ1) is 14.3. The summed E-state index contributed by atoms with van der Waals surface area (Å²) in [7, 11) is 0. The van der Waals surface area contributed by atoms with E-state index in [9.17, 15) is 4.79 Å². The van der Waals surface area contributed by atoms with Gasteiger partial charge in [0.15, 0.2) is 5.69 Å². The first-order valence-electron chi connectivity index (χ1n) is 10.3. The molecule has 0 unspecified atom stereocenters. The summed E-state index contributed by atoms with van der Waals surface area (Å²) < 4.78 is 1.95. The highest BCUT2D eigenvalue weighted by atomic mass is 16.2. The molecule has 0 bridgehead atoms. The molecule has 1 amide bonds. The summed E-state index contributed by atoms with van der Waals surface area (Å²) in [6.07, 6.45) is 8.27. The first-order valence-corrected chi connectivity index (χ1v) is 10.3. The van der Waals surface area contributed by atoms with Gasteiger partial charge in [-0.3, -0.25) is 4.79 Å². The third kappa shape index (κ3) is 3.48. The van der Waals surface area contributed by atoms with Gasteiger partial charge in [-0.1, -0.05) is 18.2 Å². The van der Waals surface area contributed by atoms with Gasteiger partial charge in [-0.15, -0.1) is 0 Å². The average Bonchev–Trinajstić information content (AvgIpc) is 3.38. The topological polar surface area (TPSA) is 75.9 Å². The standard InChI is InChI=1S/C22H24N6O/c29-21(25-16-10-14-27(15-11-16)22-23-12-5-13-24-22)20-18-8-4-9-19(18)28(26-20)17-6-2-1-3-7-17/h1-3,5-7,12-13,16H,4,8-11,14-15H2,(H,25,29). The molecular weight excluding hydrogens is 364 g/mol. The van der Waals surface area contributed by atoms with Crippen LogP contribution in [0, 0.1) is 0 Å². The van der Waals surface area contributed by atoms with Crippen molar-refractivity contribution >= 4 is 11.9 Å². The zero-order valence-electron chi connectivity index (χ0n) is 16.3. The summed E-state index contributed by atoms with van der Waals surface area (Å²) in [4.78, 5) is 23.9. The minimum atomic E-state index is -0.0488. The van der Waals surface area contributed by atoms with Gasteiger partial charge in [0.1, 0.15) is 0 Å². The summed E-state index contributed by atoms with van der Waals surface area (Å²) in [6, 6.07) is 12.0. The molecule has 148 valence electrons. The van der Waals surface area contributed by atoms with E-state index >= 15 is 0 Å². The molecule has 1 aliphatic carbocycles. The van der Waals surface area contributed by atoms with Crippen molar-refractivity contribution in [2.75, 3.05) is 18.0 Å². The number of rotatable bonds is 4. The maximum absolute atomic E-state index is 13.0. The zero-order valence-corrected chi connectivity index (χ0v) is 16.3. The predicted molar refractivity (Wildman–Crippen MR) is 110 cm³/mol. The lowest BCUT2D eigenvalue weighted by Crippen LogP contribution is -2.45. The molecule has 3 heterocycles. The maximum Gasteiger partial charge on any atom is 0.272 e. The Bertz CT molecular complexity index is 993. The lowest BCUT2D eigenvalue weighted by Gasteiger charge is -2.32. The molecule has 5 rings (SSSR count).